The van der Waals surface area contributed by atoms with E-state index in [1.807, 2.05) is 0 Å². The Labute approximate surface area is 146 Å². The minimum absolute atomic E-state index is 0.0459. The highest BCUT2D eigenvalue weighted by atomic mass is 35.5. The van der Waals surface area contributed by atoms with E-state index in [4.69, 9.17) is 54.1 Å². The van der Waals surface area contributed by atoms with Crippen molar-refractivity contribution in [1.29, 1.82) is 0 Å². The van der Waals surface area contributed by atoms with E-state index in [1.165, 1.54) is 0 Å². The summed E-state index contributed by atoms with van der Waals surface area (Å²) in [7, 11) is 0. The minimum Gasteiger partial charge on any atom is -0.394 e. The fourth-order valence-corrected chi connectivity index (χ4v) is 3.49. The van der Waals surface area contributed by atoms with Gasteiger partial charge < -0.3 is 34.6 Å². The maximum absolute atomic E-state index is 13.7. The Morgan fingerprint density at radius 3 is 2.26 bits per heavy atom. The smallest absolute Gasteiger partial charge is 0.213 e. The van der Waals surface area contributed by atoms with E-state index in [2.05, 4.69) is 0 Å². The molecule has 2 saturated heterocycles. The number of alkyl halides is 4. The van der Waals surface area contributed by atoms with Crippen LogP contribution in [0.2, 0.25) is 0 Å². The first-order valence-corrected chi connectivity index (χ1v) is 8.38. The third-order valence-electron chi connectivity index (χ3n) is 3.91. The molecule has 2 fully saturated rings. The third kappa shape index (κ3) is 3.57. The molecule has 0 radical (unpaired) electrons. The van der Waals surface area contributed by atoms with Crippen LogP contribution in [0.5, 0.6) is 0 Å². The molecule has 2 heterocycles. The molecule has 4 N–H and O–H groups in total. The van der Waals surface area contributed by atoms with Gasteiger partial charge in [0, 0.05) is 0 Å². The lowest BCUT2D eigenvalue weighted by atomic mass is 10.0. The Morgan fingerprint density at radius 2 is 1.78 bits per heavy atom. The second-order valence-electron chi connectivity index (χ2n) is 5.41. The first kappa shape index (κ1) is 19.8. The van der Waals surface area contributed by atoms with Gasteiger partial charge in [0.1, 0.15) is 24.4 Å². The zero-order valence-corrected chi connectivity index (χ0v) is 14.0. The van der Waals surface area contributed by atoms with Crippen LogP contribution in [-0.2, 0) is 14.2 Å². The second kappa shape index (κ2) is 7.82. The number of rotatable bonds is 5. The molecule has 0 unspecified atom stereocenters. The molecule has 2 aliphatic rings. The highest BCUT2D eigenvalue weighted by Crippen LogP contribution is 2.39. The van der Waals surface area contributed by atoms with Crippen LogP contribution < -0.4 is 0 Å². The van der Waals surface area contributed by atoms with Gasteiger partial charge in [-0.1, -0.05) is 0 Å². The fourth-order valence-electron chi connectivity index (χ4n) is 2.53. The lowest BCUT2D eigenvalue weighted by Crippen LogP contribution is -2.61. The molecule has 2 rings (SSSR count). The molecule has 23 heavy (non-hydrogen) atoms. The van der Waals surface area contributed by atoms with E-state index in [9.17, 15) is 19.7 Å². The monoisotopic (exact) mass is 398 g/mol. The average molecular weight is 400 g/mol. The van der Waals surface area contributed by atoms with Crippen LogP contribution in [0.3, 0.4) is 0 Å². The van der Waals surface area contributed by atoms with Gasteiger partial charge in [-0.25, -0.2) is 4.39 Å². The van der Waals surface area contributed by atoms with Crippen LogP contribution in [0.25, 0.3) is 0 Å². The summed E-state index contributed by atoms with van der Waals surface area (Å²) in [5, 5.41) is 38.0. The first-order valence-electron chi connectivity index (χ1n) is 6.87. The van der Waals surface area contributed by atoms with E-state index >= 15 is 0 Å². The van der Waals surface area contributed by atoms with Crippen molar-refractivity contribution in [1.82, 2.24) is 0 Å². The van der Waals surface area contributed by atoms with Gasteiger partial charge in [0.15, 0.2) is 12.5 Å². The molecule has 136 valence electrons. The van der Waals surface area contributed by atoms with Gasteiger partial charge in [-0.3, -0.25) is 0 Å². The molecule has 9 atom stereocenters. The van der Waals surface area contributed by atoms with Gasteiger partial charge in [0.25, 0.3) is 0 Å². The topological polar surface area (TPSA) is 109 Å². The van der Waals surface area contributed by atoms with Crippen molar-refractivity contribution in [2.24, 2.45) is 0 Å². The van der Waals surface area contributed by atoms with Crippen molar-refractivity contribution < 1.29 is 39.0 Å². The zero-order chi connectivity index (χ0) is 17.4. The molecule has 0 aromatic rings. The van der Waals surface area contributed by atoms with Crippen molar-refractivity contribution in [2.75, 3.05) is 18.4 Å². The van der Waals surface area contributed by atoms with Crippen molar-refractivity contribution >= 4 is 34.8 Å². The van der Waals surface area contributed by atoms with Crippen molar-refractivity contribution in [2.45, 2.75) is 54.1 Å². The van der Waals surface area contributed by atoms with Crippen LogP contribution in [0, 0.1) is 0 Å². The van der Waals surface area contributed by atoms with Gasteiger partial charge in [0.05, 0.1) is 29.8 Å². The molecule has 0 bridgehead atoms. The highest BCUT2D eigenvalue weighted by Gasteiger charge is 2.58. The quantitative estimate of drug-likeness (QED) is 0.454. The molecule has 0 saturated carbocycles. The van der Waals surface area contributed by atoms with Gasteiger partial charge in [-0.15, -0.1) is 34.8 Å². The van der Waals surface area contributed by atoms with Crippen LogP contribution in [0.15, 0.2) is 0 Å². The van der Waals surface area contributed by atoms with Crippen LogP contribution in [0.4, 0.5) is 4.39 Å². The van der Waals surface area contributed by atoms with Gasteiger partial charge in [-0.05, 0) is 0 Å². The lowest BCUT2D eigenvalue weighted by molar-refractivity contribution is -0.366. The summed E-state index contributed by atoms with van der Waals surface area (Å²) in [5.74, 6) is -2.30. The van der Waals surface area contributed by atoms with E-state index in [0.717, 1.165) is 0 Å². The minimum atomic E-state index is -2.01. The fraction of sp³-hybridized carbons (Fsp3) is 1.00. The van der Waals surface area contributed by atoms with Crippen LogP contribution in [-0.4, -0.2) is 92.9 Å². The predicted octanol–water partition coefficient (Wildman–Crippen LogP) is -0.679. The Kier molecular flexibility index (Phi) is 6.75. The van der Waals surface area contributed by atoms with Crippen LogP contribution >= 0.6 is 34.8 Å². The summed E-state index contributed by atoms with van der Waals surface area (Å²) in [4.78, 5) is 0. The Balaban J connectivity index is 2.18. The van der Waals surface area contributed by atoms with Gasteiger partial charge in [0.2, 0.25) is 5.79 Å². The Hall–Kier alpha value is 0.520. The number of ether oxygens (including phenoxy) is 3. The van der Waals surface area contributed by atoms with E-state index in [1.54, 1.807) is 0 Å². The molecule has 0 aromatic carbocycles. The molecule has 0 aromatic heterocycles. The Morgan fingerprint density at radius 1 is 1.13 bits per heavy atom. The first-order chi connectivity index (χ1) is 10.8. The summed E-state index contributed by atoms with van der Waals surface area (Å²) in [6.45, 7) is -0.746. The second-order valence-corrected chi connectivity index (χ2v) is 6.49. The number of halogens is 4. The maximum Gasteiger partial charge on any atom is 0.213 e. The molecule has 2 aliphatic heterocycles. The molecule has 11 heteroatoms. The SMILES string of the molecule is OC[C@H]1O[C@H](O[C@]2(CCl)O[C@H](CCl)[C@@H](Cl)[C@@H]2O)[C@H](O)[C@@H](O)[C@H]1F. The van der Waals surface area contributed by atoms with Crippen LogP contribution in [0.1, 0.15) is 0 Å². The molecular formula is C12H18Cl3FO7. The molecule has 7 nitrogen and oxygen atoms in total. The van der Waals surface area contributed by atoms with E-state index in [0.29, 0.717) is 0 Å². The molecular weight excluding hydrogens is 381 g/mol. The zero-order valence-electron chi connectivity index (χ0n) is 11.8. The Bertz CT molecular complexity index is 407. The normalized spacial score (nSPS) is 51.1. The van der Waals surface area contributed by atoms with Crippen molar-refractivity contribution in [3.05, 3.63) is 0 Å². The maximum atomic E-state index is 13.7. The lowest BCUT2D eigenvalue weighted by Gasteiger charge is -2.42. The number of hydrogen-bond acceptors (Lipinski definition) is 7. The predicted molar refractivity (Wildman–Crippen MR) is 78.4 cm³/mol. The van der Waals surface area contributed by atoms with Crippen molar-refractivity contribution in [3.8, 4) is 0 Å². The summed E-state index contributed by atoms with van der Waals surface area (Å²) in [6.07, 6.45) is -10.8. The summed E-state index contributed by atoms with van der Waals surface area (Å²) in [6, 6.07) is 0. The van der Waals surface area contributed by atoms with Gasteiger partial charge in [-0.2, -0.15) is 0 Å². The largest absolute Gasteiger partial charge is 0.394 e. The number of aliphatic hydroxyl groups is 4. The summed E-state index contributed by atoms with van der Waals surface area (Å²) >= 11 is 17.5. The average Bonchev–Trinajstić information content (AvgIpc) is 2.80. The molecule has 0 amide bonds. The summed E-state index contributed by atoms with van der Waals surface area (Å²) < 4.78 is 29.7. The van der Waals surface area contributed by atoms with E-state index < -0.39 is 66.6 Å². The van der Waals surface area contributed by atoms with Gasteiger partial charge >= 0.3 is 0 Å². The van der Waals surface area contributed by atoms with Crippen molar-refractivity contribution in [3.63, 3.8) is 0 Å². The number of aliphatic hydroxyl groups excluding tert-OH is 4. The van der Waals surface area contributed by atoms with E-state index in [-0.39, 0.29) is 5.88 Å². The standard InChI is InChI=1S/C12H18Cl3FO7/c13-1-4-6(15)10(20)12(3-14,22-4)23-11-9(19)8(18)7(16)5(2-17)21-11/h4-11,17-20H,1-3H2/t4-,5-,6-,7+,8+,9-,10+,11-,12+/m1/s1. The summed E-state index contributed by atoms with van der Waals surface area (Å²) in [5.41, 5.74) is 0. The molecule has 0 aliphatic carbocycles. The molecule has 0 spiro atoms. The third-order valence-corrected chi connectivity index (χ3v) is 5.11. The number of hydrogen-bond donors (Lipinski definition) is 4. The highest BCUT2D eigenvalue weighted by molar-refractivity contribution is 6.24.